The number of carbonyl (C=O) groups excluding carboxylic acids is 1. The van der Waals surface area contributed by atoms with Crippen LogP contribution in [0.4, 0.5) is 4.79 Å². The van der Waals surface area contributed by atoms with Gasteiger partial charge in [0.1, 0.15) is 0 Å². The number of hydrogen-bond acceptors (Lipinski definition) is 2. The third-order valence-corrected chi connectivity index (χ3v) is 1.99. The quantitative estimate of drug-likeness (QED) is 0.574. The molecule has 1 atom stereocenters. The van der Waals surface area contributed by atoms with Crippen molar-refractivity contribution in [3.05, 3.63) is 0 Å². The molecule has 13 heavy (non-hydrogen) atoms. The topological polar surface area (TPSA) is 67.2 Å². The first kappa shape index (κ1) is 12.2. The zero-order chi connectivity index (χ0) is 10.3. The summed E-state index contributed by atoms with van der Waals surface area (Å²) >= 11 is 4.76. The van der Waals surface area contributed by atoms with E-state index in [9.17, 15) is 4.79 Å². The Labute approximate surface area is 84.3 Å². The van der Waals surface area contributed by atoms with E-state index in [0.29, 0.717) is 18.1 Å². The van der Waals surface area contributed by atoms with Gasteiger partial charge in [0.15, 0.2) is 0 Å². The number of urea groups is 1. The van der Waals surface area contributed by atoms with Gasteiger partial charge in [0.25, 0.3) is 0 Å². The Hall–Kier alpha value is -0.840. The molecule has 76 valence electrons. The molecule has 0 saturated carbocycles. The van der Waals surface area contributed by atoms with Gasteiger partial charge in [-0.2, -0.15) is 0 Å². The lowest BCUT2D eigenvalue weighted by Gasteiger charge is -2.11. The van der Waals surface area contributed by atoms with Gasteiger partial charge in [-0.1, -0.05) is 26.1 Å². The highest BCUT2D eigenvalue weighted by molar-refractivity contribution is 7.80. The van der Waals surface area contributed by atoms with Crippen molar-refractivity contribution in [2.75, 3.05) is 13.1 Å². The van der Waals surface area contributed by atoms with E-state index in [2.05, 4.69) is 10.6 Å². The lowest BCUT2D eigenvalue weighted by atomic mass is 10.2. The Morgan fingerprint density at radius 2 is 2.15 bits per heavy atom. The molecule has 0 saturated heterocycles. The van der Waals surface area contributed by atoms with Crippen LogP contribution in [0, 0.1) is 5.92 Å². The molecule has 0 bridgehead atoms. The van der Waals surface area contributed by atoms with Crippen LogP contribution in [0.25, 0.3) is 0 Å². The van der Waals surface area contributed by atoms with Crippen LogP contribution in [0.5, 0.6) is 0 Å². The number of hydrogen-bond donors (Lipinski definition) is 3. The molecule has 0 heterocycles. The monoisotopic (exact) mass is 203 g/mol. The van der Waals surface area contributed by atoms with Crippen LogP contribution in [0.15, 0.2) is 0 Å². The molecule has 0 aliphatic rings. The normalized spacial score (nSPS) is 11.8. The first-order valence-corrected chi connectivity index (χ1v) is 4.79. The smallest absolute Gasteiger partial charge is 0.314 e. The van der Waals surface area contributed by atoms with Gasteiger partial charge < -0.3 is 16.4 Å². The van der Waals surface area contributed by atoms with Crippen molar-refractivity contribution in [1.82, 2.24) is 10.6 Å². The van der Waals surface area contributed by atoms with Crippen molar-refractivity contribution in [1.29, 1.82) is 0 Å². The average Bonchev–Trinajstić information content (AvgIpc) is 2.10. The standard InChI is InChI=1S/C8H17N3OS/c1-3-4-10-8(12)11-5-6(2)7(9)13/h6H,3-5H2,1-2H3,(H2,9,13)(H2,10,11,12). The van der Waals surface area contributed by atoms with Gasteiger partial charge >= 0.3 is 6.03 Å². The molecular weight excluding hydrogens is 186 g/mol. The second-order valence-electron chi connectivity index (χ2n) is 2.94. The highest BCUT2D eigenvalue weighted by Crippen LogP contribution is 1.91. The molecule has 2 amide bonds. The van der Waals surface area contributed by atoms with E-state index < -0.39 is 0 Å². The number of rotatable bonds is 5. The molecule has 5 heteroatoms. The fourth-order valence-electron chi connectivity index (χ4n) is 0.647. The first-order valence-electron chi connectivity index (χ1n) is 4.39. The molecular formula is C8H17N3OS. The zero-order valence-corrected chi connectivity index (χ0v) is 8.91. The molecule has 4 nitrogen and oxygen atoms in total. The van der Waals surface area contributed by atoms with E-state index in [-0.39, 0.29) is 11.9 Å². The summed E-state index contributed by atoms with van der Waals surface area (Å²) in [5, 5.41) is 5.37. The molecule has 0 spiro atoms. The van der Waals surface area contributed by atoms with Gasteiger partial charge in [-0.15, -0.1) is 0 Å². The van der Waals surface area contributed by atoms with E-state index in [0.717, 1.165) is 6.42 Å². The summed E-state index contributed by atoms with van der Waals surface area (Å²) in [7, 11) is 0. The van der Waals surface area contributed by atoms with Crippen molar-refractivity contribution >= 4 is 23.2 Å². The molecule has 4 N–H and O–H groups in total. The van der Waals surface area contributed by atoms with Crippen LogP contribution < -0.4 is 16.4 Å². The second kappa shape index (κ2) is 6.65. The van der Waals surface area contributed by atoms with Crippen LogP contribution in [-0.2, 0) is 0 Å². The minimum absolute atomic E-state index is 0.0439. The first-order chi connectivity index (χ1) is 6.07. The van der Waals surface area contributed by atoms with Crippen LogP contribution in [-0.4, -0.2) is 24.1 Å². The predicted octanol–water partition coefficient (Wildman–Crippen LogP) is 0.618. The Morgan fingerprint density at radius 3 is 2.62 bits per heavy atom. The highest BCUT2D eigenvalue weighted by Gasteiger charge is 2.06. The number of amides is 2. The summed E-state index contributed by atoms with van der Waals surface area (Å²) in [5.74, 6) is 0.0439. The van der Waals surface area contributed by atoms with Crippen molar-refractivity contribution in [3.63, 3.8) is 0 Å². The van der Waals surface area contributed by atoms with E-state index in [1.54, 1.807) is 0 Å². The SMILES string of the molecule is CCCNC(=O)NCC(C)C(N)=S. The maximum absolute atomic E-state index is 11.0. The van der Waals surface area contributed by atoms with Crippen LogP contribution in [0.2, 0.25) is 0 Å². The molecule has 1 unspecified atom stereocenters. The molecule has 0 aliphatic heterocycles. The van der Waals surface area contributed by atoms with Crippen molar-refractivity contribution < 1.29 is 4.79 Å². The summed E-state index contributed by atoms with van der Waals surface area (Å²) in [4.78, 5) is 11.4. The fraction of sp³-hybridized carbons (Fsp3) is 0.750. The minimum Gasteiger partial charge on any atom is -0.393 e. The predicted molar refractivity (Wildman–Crippen MR) is 57.6 cm³/mol. The molecule has 0 rings (SSSR count). The van der Waals surface area contributed by atoms with Crippen LogP contribution in [0.1, 0.15) is 20.3 Å². The molecule has 0 aliphatic carbocycles. The summed E-state index contributed by atoms with van der Waals surface area (Å²) in [5.41, 5.74) is 5.38. The minimum atomic E-state index is -0.162. The van der Waals surface area contributed by atoms with Gasteiger partial charge in [0.2, 0.25) is 0 Å². The average molecular weight is 203 g/mol. The molecule has 0 aromatic rings. The maximum Gasteiger partial charge on any atom is 0.314 e. The Balaban J connectivity index is 3.52. The van der Waals surface area contributed by atoms with Gasteiger partial charge in [-0.05, 0) is 6.42 Å². The number of thiocarbonyl (C=S) groups is 1. The Kier molecular flexibility index (Phi) is 6.22. The van der Waals surface area contributed by atoms with Gasteiger partial charge in [-0.25, -0.2) is 4.79 Å². The second-order valence-corrected chi connectivity index (χ2v) is 3.41. The van der Waals surface area contributed by atoms with E-state index in [4.69, 9.17) is 18.0 Å². The van der Waals surface area contributed by atoms with Crippen LogP contribution in [0.3, 0.4) is 0 Å². The Bertz CT molecular complexity index is 184. The van der Waals surface area contributed by atoms with Crippen molar-refractivity contribution in [3.8, 4) is 0 Å². The van der Waals surface area contributed by atoms with Crippen molar-refractivity contribution in [2.24, 2.45) is 11.7 Å². The maximum atomic E-state index is 11.0. The third kappa shape index (κ3) is 6.33. The van der Waals surface area contributed by atoms with Gasteiger partial charge in [0.05, 0.1) is 4.99 Å². The zero-order valence-electron chi connectivity index (χ0n) is 8.09. The van der Waals surface area contributed by atoms with E-state index in [1.807, 2.05) is 13.8 Å². The van der Waals surface area contributed by atoms with Crippen molar-refractivity contribution in [2.45, 2.75) is 20.3 Å². The summed E-state index contributed by atoms with van der Waals surface area (Å²) in [6.45, 7) is 5.05. The fourth-order valence-corrected chi connectivity index (χ4v) is 0.731. The van der Waals surface area contributed by atoms with Gasteiger partial charge in [-0.3, -0.25) is 0 Å². The van der Waals surface area contributed by atoms with E-state index >= 15 is 0 Å². The number of carbonyl (C=O) groups is 1. The van der Waals surface area contributed by atoms with Crippen LogP contribution >= 0.6 is 12.2 Å². The van der Waals surface area contributed by atoms with E-state index in [1.165, 1.54) is 0 Å². The highest BCUT2D eigenvalue weighted by atomic mass is 32.1. The number of nitrogens with two attached hydrogens (primary N) is 1. The Morgan fingerprint density at radius 1 is 1.54 bits per heavy atom. The molecule has 0 aromatic heterocycles. The summed E-state index contributed by atoms with van der Waals surface area (Å²) < 4.78 is 0. The molecule has 0 radical (unpaired) electrons. The largest absolute Gasteiger partial charge is 0.393 e. The summed E-state index contributed by atoms with van der Waals surface area (Å²) in [6.07, 6.45) is 0.929. The lowest BCUT2D eigenvalue weighted by molar-refractivity contribution is 0.240. The molecule has 0 aromatic carbocycles. The molecule has 0 fully saturated rings. The lowest BCUT2D eigenvalue weighted by Crippen LogP contribution is -2.40. The third-order valence-electron chi connectivity index (χ3n) is 1.59. The van der Waals surface area contributed by atoms with Gasteiger partial charge in [0, 0.05) is 19.0 Å². The number of nitrogens with one attached hydrogen (secondary N) is 2. The summed E-state index contributed by atoms with van der Waals surface area (Å²) in [6, 6.07) is -0.162.